The van der Waals surface area contributed by atoms with E-state index in [4.69, 9.17) is 10.2 Å². The van der Waals surface area contributed by atoms with Crippen LogP contribution in [0.2, 0.25) is 0 Å². The Hall–Kier alpha value is -1.75. The highest BCUT2D eigenvalue weighted by Crippen LogP contribution is 2.24. The summed E-state index contributed by atoms with van der Waals surface area (Å²) in [7, 11) is 0. The van der Waals surface area contributed by atoms with Crippen molar-refractivity contribution < 1.29 is 4.42 Å². The van der Waals surface area contributed by atoms with Crippen molar-refractivity contribution in [1.29, 1.82) is 0 Å². The number of hydrogen-bond acceptors (Lipinski definition) is 3. The van der Waals surface area contributed by atoms with Crippen LogP contribution in [-0.4, -0.2) is 9.38 Å². The third-order valence-electron chi connectivity index (χ3n) is 2.31. The number of hydrogen-bond donors (Lipinski definition) is 1. The summed E-state index contributed by atoms with van der Waals surface area (Å²) in [6.07, 6.45) is 3.78. The third kappa shape index (κ3) is 1.49. The molecule has 0 amide bonds. The summed E-state index contributed by atoms with van der Waals surface area (Å²) in [5.41, 5.74) is 7.99. The predicted octanol–water partition coefficient (Wildman–Crippen LogP) is 2.94. The second kappa shape index (κ2) is 3.38. The van der Waals surface area contributed by atoms with Crippen LogP contribution in [0.1, 0.15) is 0 Å². The van der Waals surface area contributed by atoms with Crippen LogP contribution in [0.5, 0.6) is 0 Å². The number of nitrogen functional groups attached to an aromatic ring is 1. The number of aromatic nitrogens is 2. The normalized spacial score (nSPS) is 11.1. The van der Waals surface area contributed by atoms with E-state index >= 15 is 0 Å². The van der Waals surface area contributed by atoms with Gasteiger partial charge in [-0.05, 0) is 34.1 Å². The number of pyridine rings is 1. The van der Waals surface area contributed by atoms with E-state index in [0.717, 1.165) is 17.1 Å². The van der Waals surface area contributed by atoms with Gasteiger partial charge < -0.3 is 14.6 Å². The lowest BCUT2D eigenvalue weighted by molar-refractivity contribution is 0.554. The highest BCUT2D eigenvalue weighted by Gasteiger charge is 2.08. The zero-order valence-corrected chi connectivity index (χ0v) is 9.81. The topological polar surface area (TPSA) is 56.5 Å². The van der Waals surface area contributed by atoms with Crippen molar-refractivity contribution in [3.8, 4) is 11.5 Å². The number of fused-ring (bicyclic) bond motifs is 1. The van der Waals surface area contributed by atoms with Crippen LogP contribution in [-0.2, 0) is 0 Å². The summed E-state index contributed by atoms with van der Waals surface area (Å²) in [4.78, 5) is 4.43. The molecule has 3 rings (SSSR count). The summed E-state index contributed by atoms with van der Waals surface area (Å²) in [5, 5.41) is 0. The van der Waals surface area contributed by atoms with E-state index in [-0.39, 0.29) is 0 Å². The Labute approximate surface area is 99.8 Å². The number of furan rings is 1. The lowest BCUT2D eigenvalue weighted by Crippen LogP contribution is -1.87. The van der Waals surface area contributed by atoms with Crippen LogP contribution < -0.4 is 5.73 Å². The Morgan fingerprint density at radius 1 is 1.31 bits per heavy atom. The molecule has 0 saturated carbocycles. The van der Waals surface area contributed by atoms with Gasteiger partial charge in [-0.15, -0.1) is 0 Å². The maximum atomic E-state index is 5.69. The second-order valence-electron chi connectivity index (χ2n) is 3.46. The van der Waals surface area contributed by atoms with Gasteiger partial charge in [0, 0.05) is 24.1 Å². The van der Waals surface area contributed by atoms with Gasteiger partial charge in [-0.3, -0.25) is 0 Å². The first kappa shape index (κ1) is 9.47. The van der Waals surface area contributed by atoms with E-state index < -0.39 is 0 Å². The van der Waals surface area contributed by atoms with Crippen LogP contribution in [0.25, 0.3) is 17.1 Å². The van der Waals surface area contributed by atoms with Gasteiger partial charge in [-0.1, -0.05) is 0 Å². The lowest BCUT2D eigenvalue weighted by atomic mass is 10.4. The number of nitrogens with zero attached hydrogens (tertiary/aromatic N) is 2. The number of rotatable bonds is 1. The highest BCUT2D eigenvalue weighted by molar-refractivity contribution is 9.10. The van der Waals surface area contributed by atoms with Crippen LogP contribution >= 0.6 is 15.9 Å². The fourth-order valence-corrected chi connectivity index (χ4v) is 1.87. The maximum Gasteiger partial charge on any atom is 0.169 e. The molecular weight excluding hydrogens is 270 g/mol. The minimum absolute atomic E-state index is 0.694. The van der Waals surface area contributed by atoms with Crippen molar-refractivity contribution in [3.63, 3.8) is 0 Å². The second-order valence-corrected chi connectivity index (χ2v) is 4.24. The van der Waals surface area contributed by atoms with E-state index in [1.807, 2.05) is 41.1 Å². The summed E-state index contributed by atoms with van der Waals surface area (Å²) < 4.78 is 8.04. The lowest BCUT2D eigenvalue weighted by Gasteiger charge is -1.92. The average Bonchev–Trinajstić information content (AvgIpc) is 2.83. The van der Waals surface area contributed by atoms with Crippen LogP contribution in [0.15, 0.2) is 45.7 Å². The third-order valence-corrected chi connectivity index (χ3v) is 2.74. The summed E-state index contributed by atoms with van der Waals surface area (Å²) >= 11 is 3.26. The smallest absolute Gasteiger partial charge is 0.169 e. The standard InChI is InChI=1S/C11H8BrN3O/c12-10-2-1-9(16-10)8-6-15-4-3-7(13)5-11(15)14-8/h1-6H,13H2. The molecule has 0 aliphatic heterocycles. The van der Waals surface area contributed by atoms with Gasteiger partial charge in [0.1, 0.15) is 11.3 Å². The predicted molar refractivity (Wildman–Crippen MR) is 65.0 cm³/mol. The first-order valence-electron chi connectivity index (χ1n) is 4.72. The molecule has 0 unspecified atom stereocenters. The zero-order chi connectivity index (χ0) is 11.1. The molecule has 0 saturated heterocycles. The summed E-state index contributed by atoms with van der Waals surface area (Å²) in [6.45, 7) is 0. The van der Waals surface area contributed by atoms with Gasteiger partial charge in [-0.2, -0.15) is 0 Å². The van der Waals surface area contributed by atoms with E-state index in [2.05, 4.69) is 20.9 Å². The number of anilines is 1. The molecule has 80 valence electrons. The number of imidazole rings is 1. The highest BCUT2D eigenvalue weighted by atomic mass is 79.9. The van der Waals surface area contributed by atoms with Gasteiger partial charge in [0.05, 0.1) is 0 Å². The molecule has 3 aromatic heterocycles. The van der Waals surface area contributed by atoms with E-state index in [1.54, 1.807) is 0 Å². The molecule has 0 aliphatic carbocycles. The molecule has 2 N–H and O–H groups in total. The van der Waals surface area contributed by atoms with Crippen molar-refractivity contribution in [3.05, 3.63) is 41.3 Å². The molecular formula is C11H8BrN3O. The Bertz CT molecular complexity index is 656. The minimum atomic E-state index is 0.694. The summed E-state index contributed by atoms with van der Waals surface area (Å²) in [5.74, 6) is 0.731. The monoisotopic (exact) mass is 277 g/mol. The van der Waals surface area contributed by atoms with Crippen molar-refractivity contribution in [2.24, 2.45) is 0 Å². The maximum absolute atomic E-state index is 5.69. The first-order valence-corrected chi connectivity index (χ1v) is 5.51. The van der Waals surface area contributed by atoms with E-state index in [0.29, 0.717) is 10.4 Å². The molecule has 16 heavy (non-hydrogen) atoms. The van der Waals surface area contributed by atoms with Crippen LogP contribution in [0.4, 0.5) is 5.69 Å². The van der Waals surface area contributed by atoms with Crippen molar-refractivity contribution in [2.75, 3.05) is 5.73 Å². The Morgan fingerprint density at radius 2 is 2.19 bits per heavy atom. The molecule has 3 heterocycles. The van der Waals surface area contributed by atoms with Crippen LogP contribution in [0.3, 0.4) is 0 Å². The van der Waals surface area contributed by atoms with Gasteiger partial charge in [0.2, 0.25) is 0 Å². The molecule has 0 atom stereocenters. The summed E-state index contributed by atoms with van der Waals surface area (Å²) in [6, 6.07) is 7.36. The van der Waals surface area contributed by atoms with E-state index in [1.165, 1.54) is 0 Å². The Balaban J connectivity index is 2.18. The van der Waals surface area contributed by atoms with Crippen molar-refractivity contribution in [1.82, 2.24) is 9.38 Å². The molecule has 5 heteroatoms. The zero-order valence-electron chi connectivity index (χ0n) is 8.22. The van der Waals surface area contributed by atoms with Gasteiger partial charge in [-0.25, -0.2) is 4.98 Å². The fourth-order valence-electron chi connectivity index (χ4n) is 1.57. The Morgan fingerprint density at radius 3 is 2.94 bits per heavy atom. The van der Waals surface area contributed by atoms with E-state index in [9.17, 15) is 0 Å². The quantitative estimate of drug-likeness (QED) is 0.744. The van der Waals surface area contributed by atoms with Crippen molar-refractivity contribution in [2.45, 2.75) is 0 Å². The molecule has 0 bridgehead atoms. The number of halogens is 1. The Kier molecular flexibility index (Phi) is 2.00. The van der Waals surface area contributed by atoms with Gasteiger partial charge in [0.25, 0.3) is 0 Å². The molecule has 0 aromatic carbocycles. The average molecular weight is 278 g/mol. The minimum Gasteiger partial charge on any atom is -0.448 e. The van der Waals surface area contributed by atoms with Crippen LogP contribution in [0, 0.1) is 0 Å². The molecule has 0 fully saturated rings. The van der Waals surface area contributed by atoms with Crippen molar-refractivity contribution >= 4 is 27.3 Å². The molecule has 3 aromatic rings. The first-order chi connectivity index (χ1) is 7.72. The molecule has 4 nitrogen and oxygen atoms in total. The SMILES string of the molecule is Nc1ccn2cc(-c3ccc(Br)o3)nc2c1. The largest absolute Gasteiger partial charge is 0.448 e. The van der Waals surface area contributed by atoms with Gasteiger partial charge >= 0.3 is 0 Å². The molecule has 0 aliphatic rings. The fraction of sp³-hybridized carbons (Fsp3) is 0. The van der Waals surface area contributed by atoms with Gasteiger partial charge in [0.15, 0.2) is 10.4 Å². The molecule has 0 spiro atoms. The number of nitrogens with two attached hydrogens (primary N) is 1. The molecule has 0 radical (unpaired) electrons.